The van der Waals surface area contributed by atoms with E-state index in [-0.39, 0.29) is 0 Å². The highest BCUT2D eigenvalue weighted by Gasteiger charge is 2.21. The van der Waals surface area contributed by atoms with Crippen LogP contribution in [-0.2, 0) is 0 Å². The zero-order chi connectivity index (χ0) is 15.3. The third-order valence-corrected chi connectivity index (χ3v) is 3.76. The van der Waals surface area contributed by atoms with Crippen LogP contribution < -0.4 is 5.32 Å². The van der Waals surface area contributed by atoms with Crippen LogP contribution in [0.2, 0.25) is 0 Å². The van der Waals surface area contributed by atoms with Gasteiger partial charge in [-0.15, -0.1) is 0 Å². The largest absolute Gasteiger partial charge is 0.352 e. The lowest BCUT2D eigenvalue weighted by Crippen LogP contribution is -2.27. The molecule has 1 atom stereocenters. The monoisotopic (exact) mass is 304 g/mol. The molecule has 0 bridgehead atoms. The van der Waals surface area contributed by atoms with E-state index in [2.05, 4.69) is 5.32 Å². The van der Waals surface area contributed by atoms with Gasteiger partial charge in [0.05, 0.1) is 16.6 Å². The number of thioether (sulfide) groups is 1. The summed E-state index contributed by atoms with van der Waals surface area (Å²) in [6.07, 6.45) is 2.61. The molecule has 0 radical (unpaired) electrons. The number of halogens is 2. The van der Waals surface area contributed by atoms with Gasteiger partial charge >= 0.3 is 5.69 Å². The van der Waals surface area contributed by atoms with E-state index in [1.54, 1.807) is 11.8 Å². The Morgan fingerprint density at radius 2 is 2.10 bits per heavy atom. The highest BCUT2D eigenvalue weighted by molar-refractivity contribution is 7.99. The molecule has 8 heteroatoms. The lowest BCUT2D eigenvalue weighted by molar-refractivity contribution is -0.387. The minimum atomic E-state index is -1.24. The number of hydrogen-bond acceptors (Lipinski definition) is 4. The van der Waals surface area contributed by atoms with Crippen LogP contribution in [0.1, 0.15) is 23.7 Å². The van der Waals surface area contributed by atoms with Crippen molar-refractivity contribution in [2.75, 3.05) is 12.8 Å². The second-order valence-electron chi connectivity index (χ2n) is 4.13. The second-order valence-corrected chi connectivity index (χ2v) is 5.41. The molecule has 0 heterocycles. The van der Waals surface area contributed by atoms with Crippen LogP contribution in [0.3, 0.4) is 0 Å². The fraction of sp³-hybridized carbons (Fsp3) is 0.417. The van der Waals surface area contributed by atoms with E-state index in [4.69, 9.17) is 0 Å². The Balaban J connectivity index is 2.79. The molecule has 1 aromatic carbocycles. The number of nitro benzene ring substituents is 1. The maximum atomic E-state index is 13.6. The number of hydrogen-bond donors (Lipinski definition) is 1. The van der Waals surface area contributed by atoms with Crippen molar-refractivity contribution >= 4 is 23.4 Å². The average Bonchev–Trinajstić information content (AvgIpc) is 2.40. The summed E-state index contributed by atoms with van der Waals surface area (Å²) in [4.78, 5) is 21.1. The van der Waals surface area contributed by atoms with E-state index in [0.29, 0.717) is 30.3 Å². The Morgan fingerprint density at radius 3 is 2.65 bits per heavy atom. The summed E-state index contributed by atoms with van der Waals surface area (Å²) in [7, 11) is 0. The summed E-state index contributed by atoms with van der Waals surface area (Å²) in [5, 5.41) is 13.2. The molecule has 0 saturated carbocycles. The van der Waals surface area contributed by atoms with Crippen LogP contribution in [-0.4, -0.2) is 28.9 Å². The molecule has 110 valence electrons. The van der Waals surface area contributed by atoms with Gasteiger partial charge in [0.1, 0.15) is 5.82 Å². The Hall–Kier alpha value is -1.70. The SMILES string of the molecule is CSC(C)CCNC(=O)c1cc(F)c([N+](=O)[O-])cc1F. The van der Waals surface area contributed by atoms with Crippen molar-refractivity contribution in [1.29, 1.82) is 0 Å². The molecule has 1 aromatic rings. The molecule has 1 rings (SSSR count). The number of amides is 1. The maximum absolute atomic E-state index is 13.6. The first-order valence-electron chi connectivity index (χ1n) is 5.81. The van der Waals surface area contributed by atoms with Crippen molar-refractivity contribution in [2.24, 2.45) is 0 Å². The summed E-state index contributed by atoms with van der Waals surface area (Å²) < 4.78 is 26.9. The Labute approximate surface area is 118 Å². The number of nitro groups is 1. The lowest BCUT2D eigenvalue weighted by Gasteiger charge is -2.09. The molecule has 0 aromatic heterocycles. The van der Waals surface area contributed by atoms with Crippen molar-refractivity contribution < 1.29 is 18.5 Å². The first-order chi connectivity index (χ1) is 9.36. The number of carbonyl (C=O) groups is 1. The van der Waals surface area contributed by atoms with Gasteiger partial charge in [-0.05, 0) is 18.7 Å². The molecule has 0 aliphatic rings. The van der Waals surface area contributed by atoms with E-state index in [1.165, 1.54) is 0 Å². The third-order valence-electron chi connectivity index (χ3n) is 2.72. The van der Waals surface area contributed by atoms with Gasteiger partial charge in [-0.1, -0.05) is 6.92 Å². The molecular weight excluding hydrogens is 290 g/mol. The average molecular weight is 304 g/mol. The minimum Gasteiger partial charge on any atom is -0.352 e. The molecule has 1 unspecified atom stereocenters. The van der Waals surface area contributed by atoms with Crippen LogP contribution in [0, 0.1) is 21.7 Å². The van der Waals surface area contributed by atoms with Crippen molar-refractivity contribution in [1.82, 2.24) is 5.32 Å². The summed E-state index contributed by atoms with van der Waals surface area (Å²) in [6, 6.07) is 0.954. The summed E-state index contributed by atoms with van der Waals surface area (Å²) in [5.74, 6) is -3.14. The molecule has 1 N–H and O–H groups in total. The molecule has 20 heavy (non-hydrogen) atoms. The quantitative estimate of drug-likeness (QED) is 0.648. The Morgan fingerprint density at radius 1 is 1.45 bits per heavy atom. The highest BCUT2D eigenvalue weighted by Crippen LogP contribution is 2.21. The molecule has 0 saturated heterocycles. The normalized spacial score (nSPS) is 12.0. The van der Waals surface area contributed by atoms with Crippen LogP contribution >= 0.6 is 11.8 Å². The van der Waals surface area contributed by atoms with Gasteiger partial charge in [0.15, 0.2) is 0 Å². The highest BCUT2D eigenvalue weighted by atomic mass is 32.2. The second kappa shape index (κ2) is 7.18. The van der Waals surface area contributed by atoms with Gasteiger partial charge < -0.3 is 5.32 Å². The summed E-state index contributed by atoms with van der Waals surface area (Å²) in [5.41, 5.74) is -1.53. The number of benzene rings is 1. The molecule has 0 spiro atoms. The molecule has 0 aliphatic heterocycles. The van der Waals surface area contributed by atoms with E-state index in [0.717, 1.165) is 0 Å². The number of nitrogens with one attached hydrogen (secondary N) is 1. The fourth-order valence-electron chi connectivity index (χ4n) is 1.45. The number of rotatable bonds is 6. The van der Waals surface area contributed by atoms with Gasteiger partial charge in [0.2, 0.25) is 5.82 Å². The lowest BCUT2D eigenvalue weighted by atomic mass is 10.1. The first kappa shape index (κ1) is 16.4. The van der Waals surface area contributed by atoms with E-state index in [1.807, 2.05) is 13.2 Å². The van der Waals surface area contributed by atoms with Crippen LogP contribution in [0.4, 0.5) is 14.5 Å². The maximum Gasteiger partial charge on any atom is 0.307 e. The molecular formula is C12H14F2N2O3S. The zero-order valence-corrected chi connectivity index (χ0v) is 11.8. The van der Waals surface area contributed by atoms with Crippen LogP contribution in [0.5, 0.6) is 0 Å². The first-order valence-corrected chi connectivity index (χ1v) is 7.10. The van der Waals surface area contributed by atoms with E-state index >= 15 is 0 Å². The van der Waals surface area contributed by atoms with E-state index < -0.39 is 33.7 Å². The molecule has 5 nitrogen and oxygen atoms in total. The number of carbonyl (C=O) groups excluding carboxylic acids is 1. The Kier molecular flexibility index (Phi) is 5.87. The van der Waals surface area contributed by atoms with Crippen LogP contribution in [0.25, 0.3) is 0 Å². The van der Waals surface area contributed by atoms with Gasteiger partial charge in [-0.3, -0.25) is 14.9 Å². The Bertz CT molecular complexity index is 526. The third kappa shape index (κ3) is 4.16. The van der Waals surface area contributed by atoms with Crippen molar-refractivity contribution in [3.05, 3.63) is 39.4 Å². The van der Waals surface area contributed by atoms with Crippen molar-refractivity contribution in [3.8, 4) is 0 Å². The molecule has 1 amide bonds. The minimum absolute atomic E-state index is 0.318. The predicted octanol–water partition coefficient (Wildman–Crippen LogP) is 2.74. The van der Waals surface area contributed by atoms with Crippen LogP contribution in [0.15, 0.2) is 12.1 Å². The smallest absolute Gasteiger partial charge is 0.307 e. The molecule has 0 aliphatic carbocycles. The van der Waals surface area contributed by atoms with Gasteiger partial charge in [-0.2, -0.15) is 16.2 Å². The van der Waals surface area contributed by atoms with Gasteiger partial charge in [0.25, 0.3) is 5.91 Å². The summed E-state index contributed by atoms with van der Waals surface area (Å²) >= 11 is 1.62. The topological polar surface area (TPSA) is 72.2 Å². The van der Waals surface area contributed by atoms with Gasteiger partial charge in [-0.25, -0.2) is 4.39 Å². The van der Waals surface area contributed by atoms with E-state index in [9.17, 15) is 23.7 Å². The molecule has 0 fully saturated rings. The summed E-state index contributed by atoms with van der Waals surface area (Å²) in [6.45, 7) is 2.29. The van der Waals surface area contributed by atoms with Crippen molar-refractivity contribution in [3.63, 3.8) is 0 Å². The predicted molar refractivity (Wildman–Crippen MR) is 72.9 cm³/mol. The fourth-order valence-corrected chi connectivity index (χ4v) is 1.81. The number of nitrogens with zero attached hydrogens (tertiary/aromatic N) is 1. The van der Waals surface area contributed by atoms with Gasteiger partial charge in [0, 0.05) is 11.8 Å². The van der Waals surface area contributed by atoms with Crippen molar-refractivity contribution in [2.45, 2.75) is 18.6 Å². The standard InChI is InChI=1S/C12H14F2N2O3S/c1-7(20-2)3-4-15-12(17)8-5-10(14)11(16(18)19)6-9(8)13/h5-7H,3-4H2,1-2H3,(H,15,17). The zero-order valence-electron chi connectivity index (χ0n) is 11.0.